The molecule has 4 heterocycles. The predicted octanol–water partition coefficient (Wildman–Crippen LogP) is -3.50. The largest absolute Gasteiger partial charge is 0.496 e. The van der Waals surface area contributed by atoms with Gasteiger partial charge in [-0.25, -0.2) is 0 Å². The van der Waals surface area contributed by atoms with Crippen molar-refractivity contribution in [3.05, 3.63) is 35.2 Å². The number of amides is 8. The number of carbonyl (C=O) groups excluding carboxylic acids is 10. The van der Waals surface area contributed by atoms with E-state index in [1.807, 2.05) is 0 Å². The van der Waals surface area contributed by atoms with Gasteiger partial charge in [-0.15, -0.1) is 0 Å². The van der Waals surface area contributed by atoms with Gasteiger partial charge in [-0.2, -0.15) is 11.8 Å². The number of benzene rings is 1. The van der Waals surface area contributed by atoms with Crippen LogP contribution in [0.4, 0.5) is 0 Å². The molecule has 12 atom stereocenters. The van der Waals surface area contributed by atoms with Crippen molar-refractivity contribution in [2.24, 2.45) is 41.1 Å². The number of Topliss-reactive ketones (excluding diaryl/α,β-unsaturated/α-hetero) is 2. The van der Waals surface area contributed by atoms with Crippen LogP contribution in [-0.2, 0) is 99.4 Å². The monoisotopic (exact) mass is 1420 g/mol. The lowest BCUT2D eigenvalue weighted by atomic mass is 9.85. The first-order valence-corrected chi connectivity index (χ1v) is 35.0. The Morgan fingerprint density at radius 2 is 1.47 bits per heavy atom. The number of rotatable bonds is 34. The number of carboxylic acids is 1. The molecule has 35 heteroatoms. The normalized spacial score (nSPS) is 23.3. The molecule has 33 nitrogen and oxygen atoms in total. The number of methoxy groups -OCH3 is 1. The SMILES string of the molecule is CC[C@H](C)[C@@H]1CC(=O)CNC(=O)[C@H]2CC(=O)[C@H]([C@@H](C)[C@@H](O)CO)NC(=O)[C@@H]3C[C@@H](O)CN3C(=O)[C@H](CC(N)=O)NC(=O)C(CS(=O)c3[nH]c4c(CSCCOCCOCCOCCOCCOCCN/C=C(\N)CNC(=O)CC(C)C(=O)O)c(OC)ccc4c3C2)NC(=O)CNC1=O. The number of primary amides is 1. The van der Waals surface area contributed by atoms with Crippen molar-refractivity contribution in [2.45, 2.75) is 120 Å². The average molecular weight is 1420 g/mol. The number of aliphatic carboxylic acids is 1. The maximum absolute atomic E-state index is 15.3. The van der Waals surface area contributed by atoms with Crippen LogP contribution in [0.25, 0.3) is 10.9 Å². The molecular formula is C63H97N11O22S2. The van der Waals surface area contributed by atoms with Crippen LogP contribution in [0.2, 0.25) is 0 Å². The Balaban J connectivity index is 1.32. The minimum atomic E-state index is -2.41. The standard InChI is InChI=1S/C63H97N11O22S2/c1-6-35(2)43-24-40(76)29-68-57(83)38-22-44-42-7-8-51(91-5)45(33-97-20-19-96-18-17-95-16-15-94-14-13-93-12-11-92-10-9-66-27-39(64)28-67-53(81)21-36(3)63(88)89)56(42)73-61(44)98(90)34-47(70-54(82)30-69-58(43)84)59(85)71-46(26-52(65)80)62(87)74-31-41(77)25-48(74)60(86)72-55(49(78)23-38)37(4)50(79)32-75/h7-8,27,35-38,41,43,46-48,50,55,66,73,75,77,79H,6,9-26,28-34,64H2,1-5H3,(H2,65,80)(H,67,81)(H,68,83)(H,69,84)(H,70,82)(H,71,85)(H,72,86)(H,88,89)/b39-27-/t35-,36?,37-,38+,41+,43-,46-,47?,48-,50-,55-,98?/m0/s1. The van der Waals surface area contributed by atoms with Crippen molar-refractivity contribution in [3.63, 3.8) is 0 Å². The van der Waals surface area contributed by atoms with Crippen LogP contribution in [-0.4, -0.2) is 260 Å². The van der Waals surface area contributed by atoms with Crippen LogP contribution < -0.4 is 53.4 Å². The number of H-pyrrole nitrogens is 1. The van der Waals surface area contributed by atoms with Crippen LogP contribution in [0.5, 0.6) is 5.75 Å². The molecule has 5 rings (SSSR count). The average Bonchev–Trinajstić information content (AvgIpc) is 1.42. The van der Waals surface area contributed by atoms with Crippen LogP contribution in [0.1, 0.15) is 77.3 Å². The quantitative estimate of drug-likeness (QED) is 0.0302. The van der Waals surface area contributed by atoms with Crippen molar-refractivity contribution in [1.29, 1.82) is 0 Å². The van der Waals surface area contributed by atoms with Crippen LogP contribution >= 0.6 is 11.8 Å². The topological polar surface area (TPSA) is 496 Å². The lowest BCUT2D eigenvalue weighted by molar-refractivity contribution is -0.144. The van der Waals surface area contributed by atoms with E-state index < -0.39 is 199 Å². The second kappa shape index (κ2) is 41.9. The Hall–Kier alpha value is -7.35. The summed E-state index contributed by atoms with van der Waals surface area (Å²) in [5, 5.41) is 59.4. The first-order chi connectivity index (χ1) is 46.8. The number of aromatic nitrogens is 1. The molecule has 2 aromatic rings. The summed E-state index contributed by atoms with van der Waals surface area (Å²) < 4.78 is 49.3. The second-order valence-electron chi connectivity index (χ2n) is 24.2. The van der Waals surface area contributed by atoms with Crippen molar-refractivity contribution in [2.75, 3.05) is 124 Å². The molecule has 0 saturated carbocycles. The smallest absolute Gasteiger partial charge is 0.306 e. The number of aliphatic hydroxyl groups excluding tert-OH is 3. The number of aliphatic hydroxyl groups is 3. The molecule has 2 bridgehead atoms. The lowest BCUT2D eigenvalue weighted by Gasteiger charge is -2.32. The number of hydrogen-bond donors (Lipinski definition) is 14. The highest BCUT2D eigenvalue weighted by atomic mass is 32.2. The van der Waals surface area contributed by atoms with Gasteiger partial charge in [0.1, 0.15) is 28.9 Å². The molecule has 3 unspecified atom stereocenters. The Bertz CT molecular complexity index is 3120. The van der Waals surface area contributed by atoms with E-state index in [-0.39, 0.29) is 48.9 Å². The number of nitrogens with one attached hydrogen (secondary N) is 8. The van der Waals surface area contributed by atoms with Gasteiger partial charge in [-0.3, -0.25) is 56.9 Å². The summed E-state index contributed by atoms with van der Waals surface area (Å²) in [5.41, 5.74) is 12.9. The molecule has 1 aromatic heterocycles. The molecule has 16 N–H and O–H groups in total. The van der Waals surface area contributed by atoms with Gasteiger partial charge in [-0.05, 0) is 30.0 Å². The molecule has 548 valence electrons. The highest BCUT2D eigenvalue weighted by molar-refractivity contribution is 7.98. The third-order valence-corrected chi connectivity index (χ3v) is 19.2. The number of nitrogens with zero attached hydrogens (tertiary/aromatic N) is 1. The third kappa shape index (κ3) is 25.7. The second-order valence-corrected chi connectivity index (χ2v) is 26.7. The number of fused-ring (bicyclic) bond motifs is 5. The Kier molecular flexibility index (Phi) is 34.8. The molecule has 0 aliphatic carbocycles. The summed E-state index contributed by atoms with van der Waals surface area (Å²) in [7, 11) is -0.971. The fraction of sp³-hybridized carbons (Fsp3) is 0.667. The number of aromatic amines is 1. The maximum atomic E-state index is 15.3. The number of thioether (sulfide) groups is 1. The Morgan fingerprint density at radius 3 is 2.09 bits per heavy atom. The summed E-state index contributed by atoms with van der Waals surface area (Å²) in [4.78, 5) is 155. The highest BCUT2D eigenvalue weighted by Crippen LogP contribution is 2.37. The van der Waals surface area contributed by atoms with Crippen molar-refractivity contribution >= 4 is 98.3 Å². The zero-order chi connectivity index (χ0) is 72.0. The summed E-state index contributed by atoms with van der Waals surface area (Å²) in [6.45, 7) is 7.25. The van der Waals surface area contributed by atoms with Gasteiger partial charge in [0.15, 0.2) is 11.6 Å². The molecular weight excluding hydrogens is 1330 g/mol. The van der Waals surface area contributed by atoms with E-state index in [2.05, 4.69) is 42.2 Å². The molecule has 1 aromatic carbocycles. The van der Waals surface area contributed by atoms with Crippen molar-refractivity contribution in [3.8, 4) is 5.75 Å². The van der Waals surface area contributed by atoms with Gasteiger partial charge in [-0.1, -0.05) is 34.1 Å². The fourth-order valence-electron chi connectivity index (χ4n) is 11.0. The third-order valence-electron chi connectivity index (χ3n) is 16.8. The number of carboxylic acid groups (broad SMARTS) is 1. The van der Waals surface area contributed by atoms with Crippen molar-refractivity contribution < 1.29 is 106 Å². The number of ketones is 2. The Labute approximate surface area is 574 Å². The summed E-state index contributed by atoms with van der Waals surface area (Å²) in [6.07, 6.45) is -4.00. The van der Waals surface area contributed by atoms with Gasteiger partial charge in [0.25, 0.3) is 0 Å². The Morgan fingerprint density at radius 1 is 0.827 bits per heavy atom. The number of ether oxygens (including phenoxy) is 6. The summed E-state index contributed by atoms with van der Waals surface area (Å²) in [6, 6.07) is -3.68. The lowest BCUT2D eigenvalue weighted by Crippen LogP contribution is -2.60. The highest BCUT2D eigenvalue weighted by Gasteiger charge is 2.45. The molecule has 1 saturated heterocycles. The maximum Gasteiger partial charge on any atom is 0.306 e. The molecule has 98 heavy (non-hydrogen) atoms. The zero-order valence-corrected chi connectivity index (χ0v) is 57.7. The summed E-state index contributed by atoms with van der Waals surface area (Å²) in [5.74, 6) is -14.5. The van der Waals surface area contributed by atoms with E-state index in [1.54, 1.807) is 26.0 Å². The van der Waals surface area contributed by atoms with Gasteiger partial charge in [0, 0.05) is 90.9 Å². The van der Waals surface area contributed by atoms with Gasteiger partial charge >= 0.3 is 5.97 Å². The molecule has 1 fully saturated rings. The van der Waals surface area contributed by atoms with Crippen molar-refractivity contribution in [1.82, 2.24) is 47.1 Å². The zero-order valence-electron chi connectivity index (χ0n) is 56.0. The minimum absolute atomic E-state index is 0.0711. The number of hydrogen-bond acceptors (Lipinski definition) is 24. The summed E-state index contributed by atoms with van der Waals surface area (Å²) >= 11 is 1.44. The van der Waals surface area contributed by atoms with E-state index in [9.17, 15) is 68.1 Å². The molecule has 8 amide bonds. The van der Waals surface area contributed by atoms with E-state index in [1.165, 1.54) is 38.9 Å². The minimum Gasteiger partial charge on any atom is -0.496 e. The van der Waals surface area contributed by atoms with Gasteiger partial charge in [0.05, 0.1) is 152 Å². The molecule has 3 aliphatic heterocycles. The molecule has 3 aliphatic rings. The first kappa shape index (κ1) is 81.3. The van der Waals surface area contributed by atoms with Crippen LogP contribution in [0.3, 0.4) is 0 Å². The molecule has 0 spiro atoms. The molecule has 0 radical (unpaired) electrons. The fourth-order valence-corrected chi connectivity index (χ4v) is 13.3. The van der Waals surface area contributed by atoms with Crippen LogP contribution in [0, 0.1) is 29.6 Å². The van der Waals surface area contributed by atoms with E-state index in [0.29, 0.717) is 99.5 Å². The van der Waals surface area contributed by atoms with Gasteiger partial charge in [0.2, 0.25) is 47.3 Å². The van der Waals surface area contributed by atoms with E-state index in [4.69, 9.17) is 45.0 Å². The van der Waals surface area contributed by atoms with E-state index >= 15 is 4.21 Å². The van der Waals surface area contributed by atoms with Gasteiger partial charge < -0.3 is 107 Å². The predicted molar refractivity (Wildman–Crippen MR) is 354 cm³/mol. The first-order valence-electron chi connectivity index (χ1n) is 32.6. The van der Waals surface area contributed by atoms with Crippen LogP contribution in [0.15, 0.2) is 29.1 Å². The number of nitrogens with two attached hydrogens (primary N) is 2. The van der Waals surface area contributed by atoms with E-state index in [0.717, 1.165) is 4.90 Å². The number of carbonyl (C=O) groups is 11.